The molecule has 4 rings (SSSR count). The summed E-state index contributed by atoms with van der Waals surface area (Å²) in [6.07, 6.45) is 0. The molecule has 0 aliphatic carbocycles. The number of carbonyl (C=O) groups excluding carboxylic acids is 2. The van der Waals surface area contributed by atoms with Gasteiger partial charge in [-0.1, -0.05) is 47.5 Å². The van der Waals surface area contributed by atoms with Crippen LogP contribution in [0, 0.1) is 6.92 Å². The molecule has 1 aromatic heterocycles. The van der Waals surface area contributed by atoms with Gasteiger partial charge in [0.05, 0.1) is 10.9 Å². The lowest BCUT2D eigenvalue weighted by atomic mass is 10.1. The zero-order valence-electron chi connectivity index (χ0n) is 18.5. The second-order valence-corrected chi connectivity index (χ2v) is 10.4. The van der Waals surface area contributed by atoms with Gasteiger partial charge in [-0.15, -0.1) is 23.1 Å². The molecular weight excluding hydrogens is 486 g/mol. The molecule has 172 valence electrons. The van der Waals surface area contributed by atoms with Gasteiger partial charge in [0.15, 0.2) is 5.13 Å². The average molecular weight is 508 g/mol. The molecule has 0 aliphatic heterocycles. The highest BCUT2D eigenvalue weighted by molar-refractivity contribution is 8.00. The molecule has 0 saturated carbocycles. The first kappa shape index (κ1) is 24.0. The maximum atomic E-state index is 12.7. The minimum Gasteiger partial charge on any atom is -0.322 e. The predicted octanol–water partition coefficient (Wildman–Crippen LogP) is 7.14. The van der Waals surface area contributed by atoms with E-state index < -0.39 is 0 Å². The van der Waals surface area contributed by atoms with E-state index in [4.69, 9.17) is 11.6 Å². The van der Waals surface area contributed by atoms with Crippen molar-refractivity contribution in [3.8, 4) is 11.3 Å². The molecule has 1 unspecified atom stereocenters. The summed E-state index contributed by atoms with van der Waals surface area (Å²) in [6, 6.07) is 22.3. The monoisotopic (exact) mass is 507 g/mol. The molecule has 0 saturated heterocycles. The number of hydrogen-bond acceptors (Lipinski definition) is 5. The molecule has 0 aliphatic rings. The van der Waals surface area contributed by atoms with E-state index in [-0.39, 0.29) is 17.1 Å². The fraction of sp³-hybridized carbons (Fsp3) is 0.115. The highest BCUT2D eigenvalue weighted by Crippen LogP contribution is 2.28. The number of hydrogen-bond donors (Lipinski definition) is 2. The van der Waals surface area contributed by atoms with E-state index in [1.165, 1.54) is 28.7 Å². The van der Waals surface area contributed by atoms with Crippen molar-refractivity contribution < 1.29 is 9.59 Å². The number of thiazole rings is 1. The second kappa shape index (κ2) is 10.9. The molecule has 8 heteroatoms. The van der Waals surface area contributed by atoms with Crippen molar-refractivity contribution in [2.45, 2.75) is 24.0 Å². The fourth-order valence-electron chi connectivity index (χ4n) is 3.10. The largest absolute Gasteiger partial charge is 0.322 e. The smallest absolute Gasteiger partial charge is 0.255 e. The van der Waals surface area contributed by atoms with E-state index in [2.05, 4.69) is 15.6 Å². The van der Waals surface area contributed by atoms with Crippen molar-refractivity contribution >= 4 is 57.3 Å². The Bertz CT molecular complexity index is 1300. The number of rotatable bonds is 7. The van der Waals surface area contributed by atoms with Crippen LogP contribution in [0.1, 0.15) is 22.8 Å². The molecule has 5 nitrogen and oxygen atoms in total. The van der Waals surface area contributed by atoms with Gasteiger partial charge in [-0.05, 0) is 56.3 Å². The zero-order chi connectivity index (χ0) is 24.1. The average Bonchev–Trinajstić information content (AvgIpc) is 3.29. The number of amides is 2. The van der Waals surface area contributed by atoms with Gasteiger partial charge < -0.3 is 10.6 Å². The van der Waals surface area contributed by atoms with E-state index in [9.17, 15) is 9.59 Å². The van der Waals surface area contributed by atoms with Crippen LogP contribution < -0.4 is 10.6 Å². The molecule has 1 heterocycles. The quantitative estimate of drug-likeness (QED) is 0.261. The first-order valence-electron chi connectivity index (χ1n) is 10.5. The highest BCUT2D eigenvalue weighted by Gasteiger charge is 2.17. The topological polar surface area (TPSA) is 71.1 Å². The second-order valence-electron chi connectivity index (χ2n) is 7.64. The standard InChI is InChI=1S/C26H22ClN3O2S2/c1-16-6-8-18(9-7-16)23-15-33-26(29-23)30-24(31)17(2)34-22-12-10-21(11-13-22)28-25(32)19-4-3-5-20(27)14-19/h3-15,17H,1-2H3,(H,28,32)(H,29,30,31). The Morgan fingerprint density at radius 1 is 1.00 bits per heavy atom. The van der Waals surface area contributed by atoms with Crippen LogP contribution in [-0.4, -0.2) is 22.0 Å². The van der Waals surface area contributed by atoms with Crippen LogP contribution in [-0.2, 0) is 4.79 Å². The van der Waals surface area contributed by atoms with Crippen LogP contribution >= 0.6 is 34.7 Å². The maximum absolute atomic E-state index is 12.7. The SMILES string of the molecule is Cc1ccc(-c2csc(NC(=O)C(C)Sc3ccc(NC(=O)c4cccc(Cl)c4)cc3)n2)cc1. The number of benzene rings is 3. The molecule has 1 atom stereocenters. The number of nitrogens with zero attached hydrogens (tertiary/aromatic N) is 1. The Morgan fingerprint density at radius 2 is 1.74 bits per heavy atom. The lowest BCUT2D eigenvalue weighted by molar-refractivity contribution is -0.115. The predicted molar refractivity (Wildman–Crippen MR) is 142 cm³/mol. The Kier molecular flexibility index (Phi) is 7.67. The Labute approximate surface area is 211 Å². The van der Waals surface area contributed by atoms with E-state index in [1.54, 1.807) is 24.3 Å². The van der Waals surface area contributed by atoms with Crippen molar-refractivity contribution in [2.24, 2.45) is 0 Å². The summed E-state index contributed by atoms with van der Waals surface area (Å²) < 4.78 is 0. The molecule has 0 bridgehead atoms. The van der Waals surface area contributed by atoms with Crippen LogP contribution in [0.15, 0.2) is 83.1 Å². The molecule has 0 spiro atoms. The van der Waals surface area contributed by atoms with Crippen LogP contribution in [0.2, 0.25) is 5.02 Å². The van der Waals surface area contributed by atoms with Gasteiger partial charge in [0.2, 0.25) is 5.91 Å². The maximum Gasteiger partial charge on any atom is 0.255 e. The van der Waals surface area contributed by atoms with Crippen molar-refractivity contribution in [3.05, 3.63) is 94.3 Å². The van der Waals surface area contributed by atoms with Gasteiger partial charge in [0.1, 0.15) is 0 Å². The van der Waals surface area contributed by atoms with Gasteiger partial charge in [0, 0.05) is 32.1 Å². The normalized spacial score (nSPS) is 11.6. The number of nitrogens with one attached hydrogen (secondary N) is 2. The lowest BCUT2D eigenvalue weighted by Gasteiger charge is -2.11. The molecule has 0 radical (unpaired) electrons. The highest BCUT2D eigenvalue weighted by atomic mass is 35.5. The zero-order valence-corrected chi connectivity index (χ0v) is 20.9. The summed E-state index contributed by atoms with van der Waals surface area (Å²) in [4.78, 5) is 30.5. The molecule has 2 amide bonds. The summed E-state index contributed by atoms with van der Waals surface area (Å²) in [5.74, 6) is -0.350. The summed E-state index contributed by atoms with van der Waals surface area (Å²) in [7, 11) is 0. The van der Waals surface area contributed by atoms with Gasteiger partial charge in [-0.25, -0.2) is 4.98 Å². The van der Waals surface area contributed by atoms with Crippen molar-refractivity contribution in [1.29, 1.82) is 0 Å². The third kappa shape index (κ3) is 6.26. The molecule has 0 fully saturated rings. The van der Waals surface area contributed by atoms with Crippen LogP contribution in [0.5, 0.6) is 0 Å². The van der Waals surface area contributed by atoms with Crippen LogP contribution in [0.25, 0.3) is 11.3 Å². The first-order chi connectivity index (χ1) is 16.4. The Balaban J connectivity index is 1.32. The van der Waals surface area contributed by atoms with Gasteiger partial charge in [0.25, 0.3) is 5.91 Å². The fourth-order valence-corrected chi connectivity index (χ4v) is 4.88. The number of aryl methyl sites for hydroxylation is 1. The van der Waals surface area contributed by atoms with E-state index in [0.29, 0.717) is 21.4 Å². The molecule has 34 heavy (non-hydrogen) atoms. The number of halogens is 1. The third-order valence-electron chi connectivity index (χ3n) is 4.96. The van der Waals surface area contributed by atoms with Crippen molar-refractivity contribution in [2.75, 3.05) is 10.6 Å². The van der Waals surface area contributed by atoms with Crippen LogP contribution in [0.4, 0.5) is 10.8 Å². The minimum absolute atomic E-state index is 0.117. The minimum atomic E-state index is -0.321. The van der Waals surface area contributed by atoms with Gasteiger partial charge in [-0.3, -0.25) is 9.59 Å². The number of aromatic nitrogens is 1. The molecule has 4 aromatic rings. The van der Waals surface area contributed by atoms with Crippen LogP contribution in [0.3, 0.4) is 0 Å². The van der Waals surface area contributed by atoms with E-state index in [0.717, 1.165) is 16.2 Å². The number of thioether (sulfide) groups is 1. The summed E-state index contributed by atoms with van der Waals surface area (Å²) in [6.45, 7) is 3.89. The Morgan fingerprint density at radius 3 is 2.44 bits per heavy atom. The first-order valence-corrected chi connectivity index (χ1v) is 12.7. The Hall–Kier alpha value is -3.13. The van der Waals surface area contributed by atoms with E-state index in [1.807, 2.05) is 67.8 Å². The summed E-state index contributed by atoms with van der Waals surface area (Å²) in [5, 5.41) is 8.46. The lowest BCUT2D eigenvalue weighted by Crippen LogP contribution is -2.22. The number of anilines is 2. The summed E-state index contributed by atoms with van der Waals surface area (Å²) in [5.41, 5.74) is 4.21. The van der Waals surface area contributed by atoms with Gasteiger partial charge in [-0.2, -0.15) is 0 Å². The van der Waals surface area contributed by atoms with Gasteiger partial charge >= 0.3 is 0 Å². The number of carbonyl (C=O) groups is 2. The molecule has 3 aromatic carbocycles. The molecular formula is C26H22ClN3O2S2. The van der Waals surface area contributed by atoms with Crippen molar-refractivity contribution in [3.63, 3.8) is 0 Å². The van der Waals surface area contributed by atoms with Crippen molar-refractivity contribution in [1.82, 2.24) is 4.98 Å². The summed E-state index contributed by atoms with van der Waals surface area (Å²) >= 11 is 8.80. The van der Waals surface area contributed by atoms with E-state index >= 15 is 0 Å². The third-order valence-corrected chi connectivity index (χ3v) is 7.07. The molecule has 2 N–H and O–H groups in total.